The van der Waals surface area contributed by atoms with Crippen LogP contribution in [0.3, 0.4) is 0 Å². The predicted octanol–water partition coefficient (Wildman–Crippen LogP) is 4.25. The first-order valence-electron chi connectivity index (χ1n) is 9.53. The van der Waals surface area contributed by atoms with Crippen LogP contribution in [0.25, 0.3) is 0 Å². The van der Waals surface area contributed by atoms with Crippen molar-refractivity contribution in [1.29, 1.82) is 0 Å². The number of anilines is 1. The fourth-order valence-corrected chi connectivity index (χ4v) is 3.33. The second-order valence-corrected chi connectivity index (χ2v) is 8.38. The van der Waals surface area contributed by atoms with E-state index in [0.29, 0.717) is 0 Å². The van der Waals surface area contributed by atoms with Gasteiger partial charge < -0.3 is 14.4 Å². The summed E-state index contributed by atoms with van der Waals surface area (Å²) in [5.74, 6) is -0.953. The molecule has 1 aliphatic rings. The topological polar surface area (TPSA) is 118 Å². The maximum absolute atomic E-state index is 14.8. The Hall–Kier alpha value is -3.57. The SMILES string of the molecule is CC(C)(C)OC(=O)NC1=NC(C)(c2cc(NC(=O)O)ccc2F)Cn2c(C(F)F)cnc21. The minimum Gasteiger partial charge on any atom is -0.465 e. The molecule has 9 nitrogen and oxygen atoms in total. The maximum atomic E-state index is 14.8. The van der Waals surface area contributed by atoms with E-state index in [1.54, 1.807) is 20.8 Å². The molecule has 0 spiro atoms. The number of alkyl halides is 2. The third-order valence-electron chi connectivity index (χ3n) is 4.56. The summed E-state index contributed by atoms with van der Waals surface area (Å²) in [5.41, 5.74) is -2.76. The number of aliphatic imine (C=N–C) groups is 1. The molecule has 2 amide bonds. The van der Waals surface area contributed by atoms with Gasteiger partial charge in [-0.3, -0.25) is 15.6 Å². The number of halogens is 3. The van der Waals surface area contributed by atoms with Crippen LogP contribution in [0.4, 0.5) is 28.4 Å². The average Bonchev–Trinajstić information content (AvgIpc) is 3.05. The molecule has 0 fully saturated rings. The van der Waals surface area contributed by atoms with Gasteiger partial charge in [0.2, 0.25) is 0 Å². The highest BCUT2D eigenvalue weighted by Crippen LogP contribution is 2.37. The highest BCUT2D eigenvalue weighted by Gasteiger charge is 2.39. The summed E-state index contributed by atoms with van der Waals surface area (Å²) in [6.07, 6.45) is -4.18. The van der Waals surface area contributed by atoms with Crippen molar-refractivity contribution in [3.63, 3.8) is 0 Å². The third-order valence-corrected chi connectivity index (χ3v) is 4.56. The molecule has 1 unspecified atom stereocenters. The second kappa shape index (κ2) is 8.17. The van der Waals surface area contributed by atoms with Gasteiger partial charge in [-0.05, 0) is 45.9 Å². The largest absolute Gasteiger partial charge is 0.465 e. The molecule has 1 aromatic heterocycles. The van der Waals surface area contributed by atoms with E-state index in [4.69, 9.17) is 9.84 Å². The van der Waals surface area contributed by atoms with Crippen LogP contribution in [0, 0.1) is 5.82 Å². The quantitative estimate of drug-likeness (QED) is 0.642. The molecular formula is C20H22F3N5O4. The van der Waals surface area contributed by atoms with Crippen LogP contribution in [0.15, 0.2) is 29.4 Å². The monoisotopic (exact) mass is 453 g/mol. The highest BCUT2D eigenvalue weighted by atomic mass is 19.3. The van der Waals surface area contributed by atoms with Gasteiger partial charge in [-0.2, -0.15) is 0 Å². The Morgan fingerprint density at radius 1 is 1.28 bits per heavy atom. The van der Waals surface area contributed by atoms with Crippen LogP contribution >= 0.6 is 0 Å². The van der Waals surface area contributed by atoms with Crippen LogP contribution in [-0.2, 0) is 16.8 Å². The molecule has 0 bridgehead atoms. The lowest BCUT2D eigenvalue weighted by atomic mass is 9.90. The van der Waals surface area contributed by atoms with E-state index < -0.39 is 41.3 Å². The number of aromatic nitrogens is 2. The lowest BCUT2D eigenvalue weighted by Gasteiger charge is -2.33. The van der Waals surface area contributed by atoms with Crippen molar-refractivity contribution in [1.82, 2.24) is 14.9 Å². The number of benzene rings is 1. The lowest BCUT2D eigenvalue weighted by molar-refractivity contribution is 0.0562. The number of fused-ring (bicyclic) bond motifs is 1. The molecule has 0 radical (unpaired) electrons. The van der Waals surface area contributed by atoms with E-state index in [1.807, 2.05) is 0 Å². The van der Waals surface area contributed by atoms with Gasteiger partial charge >= 0.3 is 12.2 Å². The van der Waals surface area contributed by atoms with Gasteiger partial charge in [0.1, 0.15) is 22.7 Å². The summed E-state index contributed by atoms with van der Waals surface area (Å²) in [7, 11) is 0. The van der Waals surface area contributed by atoms with Gasteiger partial charge in [0.15, 0.2) is 11.7 Å². The number of hydrogen-bond acceptors (Lipinski definition) is 5. The van der Waals surface area contributed by atoms with Gasteiger partial charge in [0.05, 0.1) is 12.7 Å². The minimum absolute atomic E-state index is 0.0381. The summed E-state index contributed by atoms with van der Waals surface area (Å²) in [5, 5.41) is 13.5. The Morgan fingerprint density at radius 2 is 1.97 bits per heavy atom. The molecule has 2 aromatic rings. The van der Waals surface area contributed by atoms with Gasteiger partial charge in [0, 0.05) is 11.3 Å². The van der Waals surface area contributed by atoms with Crippen LogP contribution < -0.4 is 10.6 Å². The predicted molar refractivity (Wildman–Crippen MR) is 108 cm³/mol. The van der Waals surface area contributed by atoms with Gasteiger partial charge in [-0.1, -0.05) is 0 Å². The van der Waals surface area contributed by atoms with Crippen molar-refractivity contribution in [2.45, 2.75) is 51.8 Å². The van der Waals surface area contributed by atoms with Gasteiger partial charge in [-0.15, -0.1) is 0 Å². The Balaban J connectivity index is 2.10. The zero-order valence-electron chi connectivity index (χ0n) is 17.7. The molecule has 0 saturated heterocycles. The summed E-state index contributed by atoms with van der Waals surface area (Å²) in [6, 6.07) is 3.48. The molecule has 0 saturated carbocycles. The van der Waals surface area contributed by atoms with Crippen LogP contribution in [0.1, 0.15) is 51.2 Å². The van der Waals surface area contributed by atoms with Crippen LogP contribution in [-0.4, -0.2) is 38.3 Å². The third kappa shape index (κ3) is 4.84. The van der Waals surface area contributed by atoms with Crippen molar-refractivity contribution < 1.29 is 32.6 Å². The number of amides is 2. The summed E-state index contributed by atoms with van der Waals surface area (Å²) >= 11 is 0. The molecule has 172 valence electrons. The number of nitrogens with zero attached hydrogens (tertiary/aromatic N) is 3. The van der Waals surface area contributed by atoms with E-state index in [-0.39, 0.29) is 29.5 Å². The molecule has 1 aliphatic heterocycles. The average molecular weight is 453 g/mol. The fraction of sp³-hybridized carbons (Fsp3) is 0.400. The molecule has 2 heterocycles. The molecule has 32 heavy (non-hydrogen) atoms. The molecule has 1 aromatic carbocycles. The number of rotatable bonds is 3. The number of carbonyl (C=O) groups is 2. The first-order chi connectivity index (χ1) is 14.8. The van der Waals surface area contributed by atoms with Crippen molar-refractivity contribution >= 4 is 23.7 Å². The zero-order valence-corrected chi connectivity index (χ0v) is 17.7. The van der Waals surface area contributed by atoms with Gasteiger partial charge in [-0.25, -0.2) is 27.7 Å². The van der Waals surface area contributed by atoms with E-state index in [0.717, 1.165) is 16.8 Å². The second-order valence-electron chi connectivity index (χ2n) is 8.38. The fourth-order valence-electron chi connectivity index (χ4n) is 3.33. The summed E-state index contributed by atoms with van der Waals surface area (Å²) < 4.78 is 48.3. The number of nitrogens with one attached hydrogen (secondary N) is 2. The lowest BCUT2D eigenvalue weighted by Crippen LogP contribution is -2.44. The number of hydrogen-bond donors (Lipinski definition) is 3. The Labute approximate surface area is 181 Å². The first-order valence-corrected chi connectivity index (χ1v) is 9.53. The van der Waals surface area contributed by atoms with Crippen LogP contribution in [0.2, 0.25) is 0 Å². The van der Waals surface area contributed by atoms with Crippen molar-refractivity contribution in [2.24, 2.45) is 4.99 Å². The summed E-state index contributed by atoms with van der Waals surface area (Å²) in [6.45, 7) is 6.18. The summed E-state index contributed by atoms with van der Waals surface area (Å²) in [4.78, 5) is 31.6. The van der Waals surface area contributed by atoms with E-state index in [1.165, 1.54) is 19.1 Å². The van der Waals surface area contributed by atoms with E-state index >= 15 is 0 Å². The molecule has 3 N–H and O–H groups in total. The van der Waals surface area contributed by atoms with Gasteiger partial charge in [0.25, 0.3) is 6.43 Å². The maximum Gasteiger partial charge on any atom is 0.413 e. The van der Waals surface area contributed by atoms with Crippen molar-refractivity contribution in [3.8, 4) is 0 Å². The van der Waals surface area contributed by atoms with Crippen molar-refractivity contribution in [2.75, 3.05) is 5.32 Å². The Bertz CT molecular complexity index is 1090. The molecule has 3 rings (SSSR count). The van der Waals surface area contributed by atoms with E-state index in [2.05, 4.69) is 20.6 Å². The first kappa shape index (κ1) is 23.1. The minimum atomic E-state index is -2.88. The van der Waals surface area contributed by atoms with Crippen molar-refractivity contribution in [3.05, 3.63) is 47.3 Å². The molecule has 0 aliphatic carbocycles. The van der Waals surface area contributed by atoms with E-state index in [9.17, 15) is 22.8 Å². The molecule has 1 atom stereocenters. The smallest absolute Gasteiger partial charge is 0.413 e. The number of carboxylic acid groups (broad SMARTS) is 1. The Morgan fingerprint density at radius 3 is 2.56 bits per heavy atom. The standard InChI is InChI=1S/C20H22F3N5O4/c1-19(2,3)32-18(31)26-15-16-24-8-13(14(22)23)28(16)9-20(4,27-15)11-7-10(25-17(29)30)5-6-12(11)21/h5-8,14,25H,9H2,1-4H3,(H,29,30)(H,26,27,31). The highest BCUT2D eigenvalue weighted by molar-refractivity contribution is 6.05. The number of imidazole rings is 1. The normalized spacial score (nSPS) is 18.1. The zero-order chi connectivity index (χ0) is 23.8. The number of alkyl carbamates (subject to hydrolysis) is 1. The Kier molecular flexibility index (Phi) is 5.90. The number of ether oxygens (including phenoxy) is 1. The molecular weight excluding hydrogens is 431 g/mol. The molecule has 12 heteroatoms. The van der Waals surface area contributed by atoms with Crippen LogP contribution in [0.5, 0.6) is 0 Å². The number of carbonyl (C=O) groups excluding carboxylic acids is 1. The number of amidine groups is 1.